The molecule has 0 aromatic carbocycles. The summed E-state index contributed by atoms with van der Waals surface area (Å²) in [7, 11) is -1.88. The van der Waals surface area contributed by atoms with Crippen LogP contribution in [0.25, 0.3) is 0 Å². The minimum absolute atomic E-state index is 0.0185. The smallest absolute Gasteiger partial charge is 0.191 e. The topological polar surface area (TPSA) is 100 Å². The molecule has 19 atom stereocenters. The van der Waals surface area contributed by atoms with Crippen molar-refractivity contribution in [1.29, 1.82) is 0 Å². The predicted molar refractivity (Wildman–Crippen MR) is 222 cm³/mol. The van der Waals surface area contributed by atoms with Gasteiger partial charge in [-0.15, -0.1) is 0 Å². The van der Waals surface area contributed by atoms with Crippen LogP contribution in [-0.2, 0) is 47.1 Å². The highest BCUT2D eigenvalue weighted by atomic mass is 28.4. The Kier molecular flexibility index (Phi) is 11.7. The van der Waals surface area contributed by atoms with Crippen LogP contribution in [0.15, 0.2) is 24.3 Å². The van der Waals surface area contributed by atoms with Crippen LogP contribution in [0.4, 0.5) is 0 Å². The van der Waals surface area contributed by atoms with E-state index in [0.717, 1.165) is 76.4 Å². The number of fused-ring (bicyclic) bond motifs is 6. The molecule has 10 rings (SSSR count). The molecule has 0 radical (unpaired) electrons. The molecular formula is C47H74O10Si. The van der Waals surface area contributed by atoms with Crippen LogP contribution in [0.1, 0.15) is 125 Å². The van der Waals surface area contributed by atoms with Gasteiger partial charge < -0.3 is 42.3 Å². The molecule has 1 spiro atoms. The average Bonchev–Trinajstić information content (AvgIpc) is 3.82. The summed E-state index contributed by atoms with van der Waals surface area (Å²) in [5.74, 6) is 0.467. The van der Waals surface area contributed by atoms with E-state index in [4.69, 9.17) is 42.3 Å². The van der Waals surface area contributed by atoms with E-state index >= 15 is 0 Å². The summed E-state index contributed by atoms with van der Waals surface area (Å²) in [6, 6.07) is 0. The molecule has 10 heterocycles. The highest BCUT2D eigenvalue weighted by Gasteiger charge is 2.68. The quantitative estimate of drug-likeness (QED) is 0.199. The molecule has 0 amide bonds. The van der Waals surface area contributed by atoms with Crippen LogP contribution in [-0.4, -0.2) is 112 Å². The highest BCUT2D eigenvalue weighted by Crippen LogP contribution is 2.54. The summed E-state index contributed by atoms with van der Waals surface area (Å²) >= 11 is 0. The molecular weight excluding hydrogens is 753 g/mol. The Bertz CT molecular complexity index is 1560. The predicted octanol–water partition coefficient (Wildman–Crippen LogP) is 8.40. The lowest BCUT2D eigenvalue weighted by Gasteiger charge is -2.47. The fraction of sp³-hybridized carbons (Fsp3) is 0.894. The molecule has 10 aliphatic rings. The second-order valence-corrected chi connectivity index (χ2v) is 26.7. The largest absolute Gasteiger partial charge is 0.417 e. The molecule has 10 nitrogen and oxygen atoms in total. The van der Waals surface area contributed by atoms with Gasteiger partial charge in [0, 0.05) is 38.7 Å². The molecule has 10 aliphatic heterocycles. The minimum atomic E-state index is -1.88. The SMILES string of the molecule is C=C1CC2CC[C@@]34C[C@H]5O[C@H]6C(O3)[C@H]3O[C@H](CC[C@@H]3O[C@H]6C5O4)CC(=O)C[C@H]3C(C[C@H]4OC(CCC1O2)C[C@@H](C)C4=C)O[C@H](C[C@H](C)CO[Si](C)(C)C(C)(C)C)[C@@H]3C. The third-order valence-corrected chi connectivity index (χ3v) is 21.1. The van der Waals surface area contributed by atoms with E-state index < -0.39 is 14.1 Å². The van der Waals surface area contributed by atoms with Crippen molar-refractivity contribution in [3.8, 4) is 0 Å². The Balaban J connectivity index is 0.953. The third kappa shape index (κ3) is 8.07. The molecule has 326 valence electrons. The molecule has 11 heteroatoms. The van der Waals surface area contributed by atoms with Crippen LogP contribution in [0.2, 0.25) is 18.1 Å². The van der Waals surface area contributed by atoms with Crippen LogP contribution in [0, 0.1) is 23.7 Å². The van der Waals surface area contributed by atoms with Gasteiger partial charge in [-0.2, -0.15) is 0 Å². The van der Waals surface area contributed by atoms with Crippen molar-refractivity contribution in [2.75, 3.05) is 6.61 Å². The normalized spacial score (nSPS) is 48.8. The lowest BCUT2D eigenvalue weighted by Crippen LogP contribution is -2.61. The van der Waals surface area contributed by atoms with Crippen molar-refractivity contribution in [1.82, 2.24) is 0 Å². The van der Waals surface area contributed by atoms with Crippen molar-refractivity contribution < 1.29 is 47.1 Å². The van der Waals surface area contributed by atoms with E-state index in [1.807, 2.05) is 0 Å². The number of hydrogen-bond acceptors (Lipinski definition) is 10. The first-order valence-corrected chi connectivity index (χ1v) is 26.2. The van der Waals surface area contributed by atoms with Crippen LogP contribution in [0.5, 0.6) is 0 Å². The molecule has 0 saturated carbocycles. The zero-order valence-electron chi connectivity index (χ0n) is 36.8. The fourth-order valence-electron chi connectivity index (χ4n) is 11.9. The maximum atomic E-state index is 14.3. The molecule has 0 aromatic rings. The van der Waals surface area contributed by atoms with Gasteiger partial charge in [0.1, 0.15) is 36.3 Å². The molecule has 0 N–H and O–H groups in total. The standard InChI is InChI=1S/C47H74O10Si/c1-25(24-49-58(9,10)46(6,7)8)17-37-29(5)34-21-30(48)20-32-12-14-36-41(52-32)45-44-43(54-36)42-40(55-44)23-47(56-42,57-45)16-15-33-19-27(3)35(50-33)13-11-31-18-26(2)28(4)38(51-31)22-39(34)53-37/h25-26,29,31-45H,3-4,11-24H2,1-2,5-10H3/t25-,26+,29+,31?,32+,33?,34+,35?,36-,37+,38+,39?,40+,41-,42?,43-,44+,45?,47-/m0/s1. The Morgan fingerprint density at radius 3 is 2.26 bits per heavy atom. The van der Waals surface area contributed by atoms with E-state index in [1.54, 1.807) is 0 Å². The van der Waals surface area contributed by atoms with E-state index in [-0.39, 0.29) is 108 Å². The number of hydrogen-bond donors (Lipinski definition) is 0. The summed E-state index contributed by atoms with van der Waals surface area (Å²) < 4.78 is 61.6. The van der Waals surface area contributed by atoms with Crippen LogP contribution in [0.3, 0.4) is 0 Å². The van der Waals surface area contributed by atoms with Crippen molar-refractivity contribution in [2.45, 2.75) is 234 Å². The zero-order chi connectivity index (χ0) is 40.9. The van der Waals surface area contributed by atoms with Gasteiger partial charge in [0.05, 0.1) is 54.9 Å². The van der Waals surface area contributed by atoms with Crippen LogP contribution < -0.4 is 0 Å². The maximum absolute atomic E-state index is 14.3. The Morgan fingerprint density at radius 1 is 0.759 bits per heavy atom. The number of rotatable bonds is 5. The van der Waals surface area contributed by atoms with E-state index in [1.165, 1.54) is 5.57 Å². The molecule has 0 aromatic heterocycles. The van der Waals surface area contributed by atoms with Crippen molar-refractivity contribution >= 4 is 14.1 Å². The van der Waals surface area contributed by atoms with Crippen molar-refractivity contribution in [2.24, 2.45) is 23.7 Å². The zero-order valence-corrected chi connectivity index (χ0v) is 37.8. The molecule has 6 unspecified atom stereocenters. The molecule has 10 fully saturated rings. The number of ketones is 1. The first-order valence-electron chi connectivity index (χ1n) is 23.3. The van der Waals surface area contributed by atoms with Gasteiger partial charge in [0.2, 0.25) is 0 Å². The number of carbonyl (C=O) groups is 1. The third-order valence-electron chi connectivity index (χ3n) is 16.6. The first kappa shape index (κ1) is 42.3. The number of ether oxygens (including phenoxy) is 8. The van der Waals surface area contributed by atoms with Crippen LogP contribution >= 0.6 is 0 Å². The summed E-state index contributed by atoms with van der Waals surface area (Å²) in [4.78, 5) is 14.3. The summed E-state index contributed by atoms with van der Waals surface area (Å²) in [6.45, 7) is 28.2. The Morgan fingerprint density at radius 2 is 1.47 bits per heavy atom. The number of carbonyl (C=O) groups excluding carboxylic acids is 1. The van der Waals surface area contributed by atoms with Gasteiger partial charge in [-0.05, 0) is 104 Å². The van der Waals surface area contributed by atoms with Gasteiger partial charge in [-0.1, -0.05) is 54.7 Å². The van der Waals surface area contributed by atoms with Gasteiger partial charge >= 0.3 is 0 Å². The average molecular weight is 827 g/mol. The second kappa shape index (κ2) is 16.0. The second-order valence-electron chi connectivity index (χ2n) is 21.9. The molecule has 12 bridgehead atoms. The Hall–Kier alpha value is -0.993. The monoisotopic (exact) mass is 827 g/mol. The maximum Gasteiger partial charge on any atom is 0.191 e. The lowest BCUT2D eigenvalue weighted by atomic mass is 9.78. The molecule has 0 aliphatic carbocycles. The van der Waals surface area contributed by atoms with E-state index in [2.05, 4.69) is 67.8 Å². The summed E-state index contributed by atoms with van der Waals surface area (Å²) in [6.07, 6.45) is 8.52. The number of Topliss-reactive ketones (excluding diaryl/α,β-unsaturated/α-hetero) is 1. The fourth-order valence-corrected chi connectivity index (χ4v) is 13.1. The minimum Gasteiger partial charge on any atom is -0.417 e. The first-order chi connectivity index (χ1) is 27.5. The van der Waals surface area contributed by atoms with E-state index in [0.29, 0.717) is 31.1 Å². The molecule has 58 heavy (non-hydrogen) atoms. The van der Waals surface area contributed by atoms with E-state index in [9.17, 15) is 4.79 Å². The van der Waals surface area contributed by atoms with Crippen molar-refractivity contribution in [3.05, 3.63) is 24.3 Å². The molecule has 10 saturated heterocycles. The highest BCUT2D eigenvalue weighted by molar-refractivity contribution is 6.74. The van der Waals surface area contributed by atoms with Crippen molar-refractivity contribution in [3.63, 3.8) is 0 Å². The van der Waals surface area contributed by atoms with Gasteiger partial charge in [-0.25, -0.2) is 0 Å². The summed E-state index contributed by atoms with van der Waals surface area (Å²) in [5.41, 5.74) is 2.32. The van der Waals surface area contributed by atoms with Gasteiger partial charge in [0.15, 0.2) is 14.1 Å². The lowest BCUT2D eigenvalue weighted by molar-refractivity contribution is -0.292. The summed E-state index contributed by atoms with van der Waals surface area (Å²) in [5, 5.41) is 0.162. The van der Waals surface area contributed by atoms with Gasteiger partial charge in [0.25, 0.3) is 0 Å². The Labute approximate surface area is 349 Å². The van der Waals surface area contributed by atoms with Gasteiger partial charge in [-0.3, -0.25) is 4.79 Å².